The molecule has 150 valence electrons. The average Bonchev–Trinajstić information content (AvgIpc) is 3.53. The minimum Gasteiger partial charge on any atom is -0.322 e. The van der Waals surface area contributed by atoms with Gasteiger partial charge in [-0.05, 0) is 72.6 Å². The first-order chi connectivity index (χ1) is 14.5. The molecule has 0 spiro atoms. The Kier molecular flexibility index (Phi) is 3.58. The zero-order valence-electron chi connectivity index (χ0n) is 16.0. The van der Waals surface area contributed by atoms with Crippen molar-refractivity contribution in [1.82, 2.24) is 0 Å². The largest absolute Gasteiger partial charge is 0.322 e. The van der Waals surface area contributed by atoms with Gasteiger partial charge in [0, 0.05) is 11.3 Å². The smallest absolute Gasteiger partial charge is 0.255 e. The van der Waals surface area contributed by atoms with Gasteiger partial charge in [0.05, 0.1) is 17.5 Å². The summed E-state index contributed by atoms with van der Waals surface area (Å²) in [6.07, 6.45) is 5.40. The molecule has 2 aromatic carbocycles. The summed E-state index contributed by atoms with van der Waals surface area (Å²) < 4.78 is 13.1. The molecule has 6 heteroatoms. The molecule has 0 radical (unpaired) electrons. The van der Waals surface area contributed by atoms with E-state index in [0.717, 1.165) is 6.42 Å². The van der Waals surface area contributed by atoms with Crippen molar-refractivity contribution in [2.75, 3.05) is 10.2 Å². The predicted molar refractivity (Wildman–Crippen MR) is 108 cm³/mol. The Morgan fingerprint density at radius 3 is 2.20 bits per heavy atom. The number of anilines is 2. The van der Waals surface area contributed by atoms with Crippen LogP contribution in [0.2, 0.25) is 0 Å². The summed E-state index contributed by atoms with van der Waals surface area (Å²) >= 11 is 0. The second-order valence-corrected chi connectivity index (χ2v) is 8.68. The molecule has 3 fully saturated rings. The topological polar surface area (TPSA) is 66.5 Å². The van der Waals surface area contributed by atoms with Crippen molar-refractivity contribution in [2.24, 2.45) is 35.5 Å². The molecule has 1 N–H and O–H groups in total. The zero-order chi connectivity index (χ0) is 20.6. The number of rotatable bonds is 3. The Hall–Kier alpha value is -3.28. The summed E-state index contributed by atoms with van der Waals surface area (Å²) in [7, 11) is 0. The van der Waals surface area contributed by atoms with Crippen LogP contribution in [0.1, 0.15) is 16.8 Å². The number of hydrogen-bond acceptors (Lipinski definition) is 3. The minimum atomic E-state index is -0.386. The molecule has 1 heterocycles. The van der Waals surface area contributed by atoms with Crippen molar-refractivity contribution in [3.63, 3.8) is 0 Å². The first-order valence-corrected chi connectivity index (χ1v) is 10.3. The van der Waals surface area contributed by atoms with E-state index in [2.05, 4.69) is 17.5 Å². The van der Waals surface area contributed by atoms with Crippen LogP contribution < -0.4 is 10.2 Å². The van der Waals surface area contributed by atoms with Crippen molar-refractivity contribution in [2.45, 2.75) is 6.42 Å². The molecule has 1 aliphatic heterocycles. The number of carbonyl (C=O) groups excluding carboxylic acids is 3. The zero-order valence-corrected chi connectivity index (χ0v) is 16.0. The maximum absolute atomic E-state index is 13.2. The van der Waals surface area contributed by atoms with Gasteiger partial charge in [0.25, 0.3) is 5.91 Å². The Morgan fingerprint density at radius 2 is 1.57 bits per heavy atom. The van der Waals surface area contributed by atoms with Gasteiger partial charge >= 0.3 is 0 Å². The van der Waals surface area contributed by atoms with E-state index in [9.17, 15) is 18.8 Å². The number of hydrogen-bond donors (Lipinski definition) is 1. The van der Waals surface area contributed by atoms with E-state index in [-0.39, 0.29) is 47.2 Å². The maximum Gasteiger partial charge on any atom is 0.255 e. The predicted octanol–water partition coefficient (Wildman–Crippen LogP) is 3.64. The molecule has 6 atom stereocenters. The van der Waals surface area contributed by atoms with Crippen LogP contribution >= 0.6 is 0 Å². The van der Waals surface area contributed by atoms with Crippen LogP contribution in [-0.2, 0) is 9.59 Å². The van der Waals surface area contributed by atoms with Crippen molar-refractivity contribution < 1.29 is 18.8 Å². The monoisotopic (exact) mass is 402 g/mol. The Balaban J connectivity index is 1.28. The Bertz CT molecular complexity index is 1090. The van der Waals surface area contributed by atoms with Gasteiger partial charge in [0.15, 0.2) is 0 Å². The molecule has 2 aromatic rings. The van der Waals surface area contributed by atoms with Crippen molar-refractivity contribution in [1.29, 1.82) is 0 Å². The number of halogens is 1. The van der Waals surface area contributed by atoms with Gasteiger partial charge in [-0.2, -0.15) is 0 Å². The fourth-order valence-corrected chi connectivity index (χ4v) is 5.73. The molecule has 2 bridgehead atoms. The lowest BCUT2D eigenvalue weighted by Gasteiger charge is -2.37. The highest BCUT2D eigenvalue weighted by Gasteiger charge is 2.67. The normalized spacial score (nSPS) is 32.8. The molecule has 5 aliphatic rings. The first-order valence-electron chi connectivity index (χ1n) is 10.3. The van der Waals surface area contributed by atoms with E-state index in [1.807, 2.05) is 0 Å². The van der Waals surface area contributed by atoms with Gasteiger partial charge in [-0.25, -0.2) is 9.29 Å². The highest BCUT2D eigenvalue weighted by Crippen LogP contribution is 2.65. The third kappa shape index (κ3) is 2.43. The standard InChI is InChI=1S/C24H19FN2O3/c25-13-4-6-14(7-5-13)26-22(28)12-2-1-3-15(10-12)27-23(29)20-16-8-9-17(19-11-18(16)19)21(20)24(27)30/h1-10,16-21H,11H2,(H,26,28)/t16-,17-,18-,19-,20-,21-/m1/s1. The lowest BCUT2D eigenvalue weighted by molar-refractivity contribution is -0.124. The molecular formula is C24H19FN2O3. The molecule has 2 saturated carbocycles. The van der Waals surface area contributed by atoms with E-state index in [1.165, 1.54) is 29.2 Å². The van der Waals surface area contributed by atoms with Crippen LogP contribution in [0, 0.1) is 41.3 Å². The molecule has 0 unspecified atom stereocenters. The van der Waals surface area contributed by atoms with Crippen molar-refractivity contribution in [3.8, 4) is 0 Å². The van der Waals surface area contributed by atoms with E-state index < -0.39 is 0 Å². The SMILES string of the molecule is O=C(Nc1ccc(F)cc1)c1cccc(N2C(=O)[C@@H]3[C@@H]4C=C[C@H]([C@H]5C[C@H]45)[C@H]3C2=O)c1. The summed E-state index contributed by atoms with van der Waals surface area (Å²) in [6, 6.07) is 12.0. The number of benzene rings is 2. The average molecular weight is 402 g/mol. The summed E-state index contributed by atoms with van der Waals surface area (Å²) in [5.74, 6) is -0.187. The molecule has 1 saturated heterocycles. The first kappa shape index (κ1) is 17.6. The van der Waals surface area contributed by atoms with Gasteiger partial charge in [-0.3, -0.25) is 14.4 Å². The fraction of sp³-hybridized carbons (Fsp3) is 0.292. The van der Waals surface area contributed by atoms with E-state index in [1.54, 1.807) is 24.3 Å². The maximum atomic E-state index is 13.2. The van der Waals surface area contributed by atoms with E-state index in [4.69, 9.17) is 0 Å². The molecule has 4 aliphatic carbocycles. The van der Waals surface area contributed by atoms with Crippen LogP contribution in [0.25, 0.3) is 0 Å². The van der Waals surface area contributed by atoms with Crippen LogP contribution in [0.3, 0.4) is 0 Å². The third-order valence-electron chi connectivity index (χ3n) is 7.13. The van der Waals surface area contributed by atoms with Crippen LogP contribution in [0.5, 0.6) is 0 Å². The highest BCUT2D eigenvalue weighted by atomic mass is 19.1. The molecule has 3 amide bonds. The lowest BCUT2D eigenvalue weighted by Crippen LogP contribution is -2.40. The molecular weight excluding hydrogens is 383 g/mol. The lowest BCUT2D eigenvalue weighted by atomic mass is 9.63. The number of allylic oxidation sites excluding steroid dienone is 2. The Labute approximate surface area is 172 Å². The summed E-state index contributed by atoms with van der Waals surface area (Å²) in [5.41, 5.74) is 1.23. The van der Waals surface area contributed by atoms with Crippen molar-refractivity contribution in [3.05, 3.63) is 72.1 Å². The summed E-state index contributed by atoms with van der Waals surface area (Å²) in [4.78, 5) is 40.4. The minimum absolute atomic E-state index is 0.147. The van der Waals surface area contributed by atoms with Crippen LogP contribution in [-0.4, -0.2) is 17.7 Å². The number of amides is 3. The highest BCUT2D eigenvalue weighted by molar-refractivity contribution is 6.23. The van der Waals surface area contributed by atoms with Crippen LogP contribution in [0.4, 0.5) is 15.8 Å². The van der Waals surface area contributed by atoms with Gasteiger partial charge in [-0.15, -0.1) is 0 Å². The second kappa shape index (κ2) is 6.11. The van der Waals surface area contributed by atoms with E-state index >= 15 is 0 Å². The molecule has 0 aromatic heterocycles. The number of carbonyl (C=O) groups is 3. The van der Waals surface area contributed by atoms with Gasteiger partial charge in [0.2, 0.25) is 11.8 Å². The van der Waals surface area contributed by atoms with Gasteiger partial charge in [-0.1, -0.05) is 18.2 Å². The number of nitrogens with zero attached hydrogens (tertiary/aromatic N) is 1. The number of nitrogens with one attached hydrogen (secondary N) is 1. The fourth-order valence-electron chi connectivity index (χ4n) is 5.73. The third-order valence-corrected chi connectivity index (χ3v) is 7.13. The van der Waals surface area contributed by atoms with E-state index in [0.29, 0.717) is 28.8 Å². The Morgan fingerprint density at radius 1 is 0.933 bits per heavy atom. The summed E-state index contributed by atoms with van der Waals surface area (Å²) in [5, 5.41) is 2.71. The second-order valence-electron chi connectivity index (χ2n) is 8.68. The molecule has 30 heavy (non-hydrogen) atoms. The molecule has 5 nitrogen and oxygen atoms in total. The van der Waals surface area contributed by atoms with Crippen molar-refractivity contribution >= 4 is 29.1 Å². The molecule has 7 rings (SSSR count). The van der Waals surface area contributed by atoms with Gasteiger partial charge < -0.3 is 5.32 Å². The van der Waals surface area contributed by atoms with Gasteiger partial charge in [0.1, 0.15) is 5.82 Å². The summed E-state index contributed by atoms with van der Waals surface area (Å²) in [6.45, 7) is 0. The number of imide groups is 1. The quantitative estimate of drug-likeness (QED) is 0.630. The van der Waals surface area contributed by atoms with Crippen LogP contribution in [0.15, 0.2) is 60.7 Å².